The van der Waals surface area contributed by atoms with Crippen LogP contribution in [0.2, 0.25) is 0 Å². The summed E-state index contributed by atoms with van der Waals surface area (Å²) in [6.45, 7) is -0.0855. The third-order valence-corrected chi connectivity index (χ3v) is 2.56. The van der Waals surface area contributed by atoms with Gasteiger partial charge in [-0.15, -0.1) is 23.7 Å². The molecule has 1 unspecified atom stereocenters. The van der Waals surface area contributed by atoms with E-state index in [9.17, 15) is 0 Å². The number of aliphatic hydroxyl groups excluding tert-OH is 1. The van der Waals surface area contributed by atoms with Crippen LogP contribution in [0, 0.1) is 5.41 Å². The van der Waals surface area contributed by atoms with Gasteiger partial charge in [-0.3, -0.25) is 5.41 Å². The molecule has 1 aromatic rings. The number of nitrogens with two attached hydrogens (primary N) is 2. The molecule has 0 bridgehead atoms. The van der Waals surface area contributed by atoms with Gasteiger partial charge < -0.3 is 16.6 Å². The van der Waals surface area contributed by atoms with Crippen molar-refractivity contribution in [2.75, 3.05) is 6.61 Å². The molecule has 13 heavy (non-hydrogen) atoms. The molecule has 74 valence electrons. The Bertz CT molecular complexity index is 289. The molecule has 1 rings (SSSR count). The van der Waals surface area contributed by atoms with E-state index in [1.54, 1.807) is 11.4 Å². The number of amidine groups is 1. The Hall–Kier alpha value is -0.620. The van der Waals surface area contributed by atoms with Crippen molar-refractivity contribution in [3.05, 3.63) is 21.9 Å². The number of halogens is 1. The van der Waals surface area contributed by atoms with Crippen molar-refractivity contribution < 1.29 is 5.11 Å². The van der Waals surface area contributed by atoms with Gasteiger partial charge in [-0.2, -0.15) is 0 Å². The first-order chi connectivity index (χ1) is 5.65. The van der Waals surface area contributed by atoms with Gasteiger partial charge in [-0.1, -0.05) is 0 Å². The minimum absolute atomic E-state index is 0. The minimum Gasteiger partial charge on any atom is -0.394 e. The molecule has 0 saturated carbocycles. The largest absolute Gasteiger partial charge is 0.394 e. The zero-order valence-electron chi connectivity index (χ0n) is 6.86. The summed E-state index contributed by atoms with van der Waals surface area (Å²) in [4.78, 5) is 0.850. The molecule has 6 N–H and O–H groups in total. The molecule has 0 saturated heterocycles. The fourth-order valence-electron chi connectivity index (χ4n) is 0.778. The summed E-state index contributed by atoms with van der Waals surface area (Å²) in [6.07, 6.45) is 0. The van der Waals surface area contributed by atoms with E-state index in [0.717, 1.165) is 4.88 Å². The highest BCUT2D eigenvalue weighted by Gasteiger charge is 2.08. The number of hydrogen-bond acceptors (Lipinski definition) is 4. The standard InChI is InChI=1S/C7H11N3OS.ClH/c8-5(2-11)6-1-4(3-12-6)7(9)10;/h1,3,5,11H,2,8H2,(H3,9,10);1H. The molecule has 0 aliphatic heterocycles. The lowest BCUT2D eigenvalue weighted by molar-refractivity contribution is 0.269. The van der Waals surface area contributed by atoms with Crippen LogP contribution in [0.25, 0.3) is 0 Å². The molecule has 6 heteroatoms. The van der Waals surface area contributed by atoms with E-state index >= 15 is 0 Å². The average molecular weight is 222 g/mol. The normalized spacial score (nSPS) is 11.8. The number of hydrogen-bond donors (Lipinski definition) is 4. The van der Waals surface area contributed by atoms with Crippen LogP contribution in [0.15, 0.2) is 11.4 Å². The van der Waals surface area contributed by atoms with E-state index in [1.165, 1.54) is 11.3 Å². The van der Waals surface area contributed by atoms with Crippen molar-refractivity contribution in [3.63, 3.8) is 0 Å². The molecule has 0 aliphatic carbocycles. The second kappa shape index (κ2) is 5.18. The fourth-order valence-corrected chi connectivity index (χ4v) is 1.68. The van der Waals surface area contributed by atoms with Gasteiger partial charge in [0.2, 0.25) is 0 Å². The van der Waals surface area contributed by atoms with E-state index in [1.807, 2.05) is 0 Å². The van der Waals surface area contributed by atoms with Crippen LogP contribution in [0.4, 0.5) is 0 Å². The van der Waals surface area contributed by atoms with Crippen molar-refractivity contribution in [3.8, 4) is 0 Å². The van der Waals surface area contributed by atoms with Gasteiger partial charge in [0, 0.05) is 15.8 Å². The SMILES string of the molecule is Cl.N=C(N)c1csc(C(N)CO)c1. The van der Waals surface area contributed by atoms with Crippen LogP contribution < -0.4 is 11.5 Å². The third kappa shape index (κ3) is 2.96. The Morgan fingerprint density at radius 1 is 1.69 bits per heavy atom. The first-order valence-corrected chi connectivity index (χ1v) is 4.32. The summed E-state index contributed by atoms with van der Waals surface area (Å²) < 4.78 is 0. The van der Waals surface area contributed by atoms with E-state index in [2.05, 4.69) is 0 Å². The van der Waals surface area contributed by atoms with Crippen LogP contribution in [0.5, 0.6) is 0 Å². The maximum Gasteiger partial charge on any atom is 0.123 e. The Kier molecular flexibility index (Phi) is 4.94. The number of thiophene rings is 1. The number of rotatable bonds is 3. The third-order valence-electron chi connectivity index (χ3n) is 1.49. The molecule has 1 atom stereocenters. The topological polar surface area (TPSA) is 96.1 Å². The summed E-state index contributed by atoms with van der Waals surface area (Å²) in [5, 5.41) is 17.6. The first kappa shape index (κ1) is 12.4. The lowest BCUT2D eigenvalue weighted by Crippen LogP contribution is -2.13. The lowest BCUT2D eigenvalue weighted by Gasteiger charge is -2.02. The average Bonchev–Trinajstić information content (AvgIpc) is 2.51. The van der Waals surface area contributed by atoms with Crippen LogP contribution in [-0.4, -0.2) is 17.5 Å². The Morgan fingerprint density at radius 3 is 2.69 bits per heavy atom. The number of aliphatic hydroxyl groups is 1. The Morgan fingerprint density at radius 2 is 2.31 bits per heavy atom. The molecular formula is C7H12ClN3OS. The summed E-state index contributed by atoms with van der Waals surface area (Å²) in [5.41, 5.74) is 11.5. The molecule has 4 nitrogen and oxygen atoms in total. The Labute approximate surface area is 86.5 Å². The number of nitrogens with one attached hydrogen (secondary N) is 1. The van der Waals surface area contributed by atoms with E-state index < -0.39 is 0 Å². The predicted molar refractivity (Wildman–Crippen MR) is 56.6 cm³/mol. The van der Waals surface area contributed by atoms with Crippen molar-refractivity contribution in [1.29, 1.82) is 5.41 Å². The fraction of sp³-hybridized carbons (Fsp3) is 0.286. The number of nitrogen functional groups attached to an aromatic ring is 1. The van der Waals surface area contributed by atoms with Crippen LogP contribution in [0.1, 0.15) is 16.5 Å². The zero-order chi connectivity index (χ0) is 9.14. The summed E-state index contributed by atoms with van der Waals surface area (Å²) in [5.74, 6) is 0.0302. The van der Waals surface area contributed by atoms with Gasteiger partial charge in [-0.05, 0) is 6.07 Å². The molecular weight excluding hydrogens is 210 g/mol. The maximum absolute atomic E-state index is 8.73. The van der Waals surface area contributed by atoms with Crippen molar-refractivity contribution in [2.24, 2.45) is 11.5 Å². The van der Waals surface area contributed by atoms with Crippen LogP contribution in [0.3, 0.4) is 0 Å². The quantitative estimate of drug-likeness (QED) is 0.441. The van der Waals surface area contributed by atoms with Gasteiger partial charge in [0.1, 0.15) is 5.84 Å². The highest BCUT2D eigenvalue weighted by atomic mass is 35.5. The highest BCUT2D eigenvalue weighted by Crippen LogP contribution is 2.19. The van der Waals surface area contributed by atoms with Gasteiger partial charge in [0.05, 0.1) is 12.6 Å². The second-order valence-corrected chi connectivity index (χ2v) is 3.38. The zero-order valence-corrected chi connectivity index (χ0v) is 8.49. The predicted octanol–water partition coefficient (Wildman–Crippen LogP) is 0.446. The summed E-state index contributed by atoms with van der Waals surface area (Å²) in [6, 6.07) is 1.37. The minimum atomic E-state index is -0.358. The van der Waals surface area contributed by atoms with Crippen LogP contribution in [-0.2, 0) is 0 Å². The molecule has 0 radical (unpaired) electrons. The Balaban J connectivity index is 0.00000144. The van der Waals surface area contributed by atoms with Crippen molar-refractivity contribution >= 4 is 29.6 Å². The summed E-state index contributed by atoms with van der Waals surface area (Å²) in [7, 11) is 0. The maximum atomic E-state index is 8.73. The van der Waals surface area contributed by atoms with E-state index in [4.69, 9.17) is 22.0 Å². The molecule has 0 spiro atoms. The van der Waals surface area contributed by atoms with Gasteiger partial charge in [-0.25, -0.2) is 0 Å². The molecule has 1 heterocycles. The smallest absolute Gasteiger partial charge is 0.123 e. The highest BCUT2D eigenvalue weighted by molar-refractivity contribution is 7.10. The van der Waals surface area contributed by atoms with Gasteiger partial charge >= 0.3 is 0 Å². The van der Waals surface area contributed by atoms with Crippen molar-refractivity contribution in [1.82, 2.24) is 0 Å². The molecule has 0 aliphatic rings. The summed E-state index contributed by atoms with van der Waals surface area (Å²) >= 11 is 1.40. The van der Waals surface area contributed by atoms with Gasteiger partial charge in [0.25, 0.3) is 0 Å². The van der Waals surface area contributed by atoms with E-state index in [0.29, 0.717) is 5.56 Å². The van der Waals surface area contributed by atoms with Crippen LogP contribution >= 0.6 is 23.7 Å². The molecule has 1 aromatic heterocycles. The lowest BCUT2D eigenvalue weighted by atomic mass is 10.2. The second-order valence-electron chi connectivity index (χ2n) is 2.44. The molecule has 0 amide bonds. The van der Waals surface area contributed by atoms with Gasteiger partial charge in [0.15, 0.2) is 0 Å². The monoisotopic (exact) mass is 221 g/mol. The molecule has 0 fully saturated rings. The molecule has 0 aromatic carbocycles. The first-order valence-electron chi connectivity index (χ1n) is 3.44. The van der Waals surface area contributed by atoms with E-state index in [-0.39, 0.29) is 30.9 Å². The van der Waals surface area contributed by atoms with Crippen molar-refractivity contribution in [2.45, 2.75) is 6.04 Å².